The van der Waals surface area contributed by atoms with E-state index in [-0.39, 0.29) is 5.43 Å². The Hall–Kier alpha value is -3.44. The highest BCUT2D eigenvalue weighted by Gasteiger charge is 2.17. The molecule has 0 bridgehead atoms. The number of aryl methyl sites for hydroxylation is 1. The van der Waals surface area contributed by atoms with E-state index >= 15 is 0 Å². The van der Waals surface area contributed by atoms with Gasteiger partial charge < -0.3 is 18.6 Å². The van der Waals surface area contributed by atoms with E-state index in [0.717, 1.165) is 17.5 Å². The van der Waals surface area contributed by atoms with Crippen LogP contribution in [0.5, 0.6) is 17.2 Å². The minimum Gasteiger partial charge on any atom is -0.490 e. The third-order valence-electron chi connectivity index (χ3n) is 5.39. The topological polar surface area (TPSA) is 57.9 Å². The number of benzene rings is 3. The van der Waals surface area contributed by atoms with Crippen LogP contribution in [0.4, 0.5) is 0 Å². The third-order valence-corrected chi connectivity index (χ3v) is 5.65. The zero-order valence-electron chi connectivity index (χ0n) is 17.5. The smallest absolute Gasteiger partial charge is 0.200 e. The van der Waals surface area contributed by atoms with E-state index in [2.05, 4.69) is 0 Å². The zero-order chi connectivity index (χ0) is 22.1. The lowest BCUT2D eigenvalue weighted by molar-refractivity contribution is 0.297. The van der Waals surface area contributed by atoms with Gasteiger partial charge >= 0.3 is 0 Å². The van der Waals surface area contributed by atoms with Gasteiger partial charge in [0.05, 0.1) is 24.2 Å². The summed E-state index contributed by atoms with van der Waals surface area (Å²) in [4.78, 5) is 13.3. The lowest BCUT2D eigenvalue weighted by Crippen LogP contribution is -2.08. The molecule has 32 heavy (non-hydrogen) atoms. The third kappa shape index (κ3) is 4.04. The molecule has 162 valence electrons. The van der Waals surface area contributed by atoms with Gasteiger partial charge in [-0.05, 0) is 54.4 Å². The summed E-state index contributed by atoms with van der Waals surface area (Å²) in [7, 11) is 0. The summed E-state index contributed by atoms with van der Waals surface area (Å²) in [5.41, 5.74) is 2.65. The van der Waals surface area contributed by atoms with E-state index in [4.69, 9.17) is 30.2 Å². The van der Waals surface area contributed by atoms with Crippen LogP contribution in [0.15, 0.2) is 69.9 Å². The number of ether oxygens (including phenoxy) is 3. The van der Waals surface area contributed by atoms with E-state index in [1.54, 1.807) is 25.1 Å². The first-order valence-corrected chi connectivity index (χ1v) is 10.8. The number of halogens is 1. The van der Waals surface area contributed by atoms with Crippen molar-refractivity contribution in [2.75, 3.05) is 13.2 Å². The Kier molecular flexibility index (Phi) is 5.50. The van der Waals surface area contributed by atoms with Crippen LogP contribution in [0.2, 0.25) is 5.02 Å². The Morgan fingerprint density at radius 1 is 0.938 bits per heavy atom. The summed E-state index contributed by atoms with van der Waals surface area (Å²) < 4.78 is 23.4. The van der Waals surface area contributed by atoms with Crippen molar-refractivity contribution in [2.24, 2.45) is 0 Å². The van der Waals surface area contributed by atoms with E-state index in [0.29, 0.717) is 64.4 Å². The maximum atomic E-state index is 13.3. The summed E-state index contributed by atoms with van der Waals surface area (Å²) in [6.07, 6.45) is 0.823. The molecule has 1 aliphatic heterocycles. The fourth-order valence-electron chi connectivity index (χ4n) is 3.78. The van der Waals surface area contributed by atoms with Crippen molar-refractivity contribution in [3.63, 3.8) is 0 Å². The predicted octanol–water partition coefficient (Wildman–Crippen LogP) is 6.16. The Morgan fingerprint density at radius 3 is 2.53 bits per heavy atom. The molecule has 0 radical (unpaired) electrons. The van der Waals surface area contributed by atoms with Crippen LogP contribution in [0.1, 0.15) is 17.7 Å². The number of hydrogen-bond acceptors (Lipinski definition) is 5. The Bertz CT molecular complexity index is 1340. The van der Waals surface area contributed by atoms with Crippen LogP contribution < -0.4 is 19.6 Å². The van der Waals surface area contributed by atoms with E-state index < -0.39 is 0 Å². The van der Waals surface area contributed by atoms with Crippen LogP contribution in [0.3, 0.4) is 0 Å². The summed E-state index contributed by atoms with van der Waals surface area (Å²) >= 11 is 5.93. The highest BCUT2D eigenvalue weighted by molar-refractivity contribution is 6.30. The van der Waals surface area contributed by atoms with E-state index in [1.165, 1.54) is 0 Å². The standard InChI is InChI=1S/C26H21ClO5/c1-16-25(18-5-10-22-24(13-18)30-12-2-11-29-22)26(28)21-9-8-20(14-23(21)32-16)31-15-17-3-6-19(27)7-4-17/h3-10,13-14H,2,11-12,15H2,1H3. The van der Waals surface area contributed by atoms with Crippen LogP contribution in [-0.4, -0.2) is 13.2 Å². The largest absolute Gasteiger partial charge is 0.490 e. The molecule has 0 aliphatic carbocycles. The fourth-order valence-corrected chi connectivity index (χ4v) is 3.90. The summed E-state index contributed by atoms with van der Waals surface area (Å²) in [6, 6.07) is 18.3. The zero-order valence-corrected chi connectivity index (χ0v) is 18.3. The number of rotatable bonds is 4. The van der Waals surface area contributed by atoms with Crippen molar-refractivity contribution in [1.29, 1.82) is 0 Å². The average Bonchev–Trinajstić information content (AvgIpc) is 3.03. The maximum absolute atomic E-state index is 13.3. The number of fused-ring (bicyclic) bond motifs is 2. The molecule has 0 saturated carbocycles. The molecule has 0 N–H and O–H groups in total. The SMILES string of the molecule is Cc1oc2cc(OCc3ccc(Cl)cc3)ccc2c(=O)c1-c1ccc2c(c1)OCCCO2. The fraction of sp³-hybridized carbons (Fsp3) is 0.192. The molecular formula is C26H21ClO5. The van der Waals surface area contributed by atoms with Crippen LogP contribution >= 0.6 is 11.6 Å². The molecule has 0 fully saturated rings. The Balaban J connectivity index is 1.47. The molecule has 0 unspecified atom stereocenters. The van der Waals surface area contributed by atoms with Crippen LogP contribution in [0.25, 0.3) is 22.1 Å². The van der Waals surface area contributed by atoms with Gasteiger partial charge in [0.25, 0.3) is 0 Å². The van der Waals surface area contributed by atoms with E-state index in [1.807, 2.05) is 42.5 Å². The highest BCUT2D eigenvalue weighted by atomic mass is 35.5. The normalized spacial score (nSPS) is 13.1. The second-order valence-electron chi connectivity index (χ2n) is 7.65. The molecule has 6 heteroatoms. The van der Waals surface area contributed by atoms with Crippen molar-refractivity contribution >= 4 is 22.6 Å². The molecule has 4 aromatic rings. The molecule has 0 saturated heterocycles. The summed E-state index contributed by atoms with van der Waals surface area (Å²) in [5.74, 6) is 2.49. The van der Waals surface area contributed by atoms with Crippen molar-refractivity contribution in [2.45, 2.75) is 20.0 Å². The first-order chi connectivity index (χ1) is 15.6. The molecule has 1 aromatic heterocycles. The van der Waals surface area contributed by atoms with Gasteiger partial charge in [0.1, 0.15) is 23.7 Å². The van der Waals surface area contributed by atoms with Gasteiger partial charge in [-0.2, -0.15) is 0 Å². The average molecular weight is 449 g/mol. The second-order valence-corrected chi connectivity index (χ2v) is 8.08. The first kappa shape index (κ1) is 20.5. The molecule has 1 aliphatic rings. The Morgan fingerprint density at radius 2 is 1.72 bits per heavy atom. The minimum atomic E-state index is -0.0949. The lowest BCUT2D eigenvalue weighted by atomic mass is 10.0. The van der Waals surface area contributed by atoms with Gasteiger partial charge in [0.2, 0.25) is 5.43 Å². The quantitative estimate of drug-likeness (QED) is 0.374. The number of hydrogen-bond donors (Lipinski definition) is 0. The first-order valence-electron chi connectivity index (χ1n) is 10.4. The van der Waals surface area contributed by atoms with Gasteiger partial charge in [0.15, 0.2) is 11.5 Å². The van der Waals surface area contributed by atoms with Crippen molar-refractivity contribution in [3.8, 4) is 28.4 Å². The van der Waals surface area contributed by atoms with Gasteiger partial charge in [-0.15, -0.1) is 0 Å². The van der Waals surface area contributed by atoms with E-state index in [9.17, 15) is 4.79 Å². The van der Waals surface area contributed by atoms with Crippen LogP contribution in [-0.2, 0) is 6.61 Å². The van der Waals surface area contributed by atoms with Crippen molar-refractivity contribution in [1.82, 2.24) is 0 Å². The Labute approximate surface area is 190 Å². The van der Waals surface area contributed by atoms with Crippen molar-refractivity contribution in [3.05, 3.63) is 87.2 Å². The lowest BCUT2D eigenvalue weighted by Gasteiger charge is -2.12. The predicted molar refractivity (Wildman–Crippen MR) is 124 cm³/mol. The molecule has 3 aromatic carbocycles. The molecule has 5 nitrogen and oxygen atoms in total. The molecule has 5 rings (SSSR count). The monoisotopic (exact) mass is 448 g/mol. The summed E-state index contributed by atoms with van der Waals surface area (Å²) in [5, 5.41) is 1.18. The minimum absolute atomic E-state index is 0.0949. The second kappa shape index (κ2) is 8.60. The molecular weight excluding hydrogens is 428 g/mol. The van der Waals surface area contributed by atoms with Gasteiger partial charge in [-0.3, -0.25) is 4.79 Å². The van der Waals surface area contributed by atoms with Crippen LogP contribution in [0, 0.1) is 6.92 Å². The molecule has 0 atom stereocenters. The van der Waals surface area contributed by atoms with Crippen molar-refractivity contribution < 1.29 is 18.6 Å². The molecule has 0 amide bonds. The molecule has 2 heterocycles. The van der Waals surface area contributed by atoms with Gasteiger partial charge in [0, 0.05) is 17.5 Å². The van der Waals surface area contributed by atoms with Gasteiger partial charge in [-0.1, -0.05) is 29.8 Å². The highest BCUT2D eigenvalue weighted by Crippen LogP contribution is 2.35. The maximum Gasteiger partial charge on any atom is 0.200 e. The summed E-state index contributed by atoms with van der Waals surface area (Å²) in [6.45, 7) is 3.38. The van der Waals surface area contributed by atoms with Gasteiger partial charge in [-0.25, -0.2) is 0 Å². The molecule has 0 spiro atoms.